The molecule has 8 unspecified atom stereocenters. The molecular formula is C32H56N8Tc. The molecule has 8 atom stereocenters. The summed E-state index contributed by atoms with van der Waals surface area (Å²) in [6.07, 6.45) is 25.6. The molecule has 0 spiro atoms. The van der Waals surface area contributed by atoms with Crippen LogP contribution in [0.25, 0.3) is 0 Å². The Hall–Kier alpha value is 0.329. The molecule has 41 heavy (non-hydrogen) atoms. The summed E-state index contributed by atoms with van der Waals surface area (Å²) in [5, 5.41) is 33.8. The van der Waals surface area contributed by atoms with Crippen molar-refractivity contribution in [3.05, 3.63) is 0 Å². The fourth-order valence-electron chi connectivity index (χ4n) is 12.0. The molecule has 0 aromatic heterocycles. The number of rotatable bonds is 0. The molecule has 9 fully saturated rings. The zero-order valence-electron chi connectivity index (χ0n) is 24.9. The summed E-state index contributed by atoms with van der Waals surface area (Å²) in [5.41, 5.74) is 0. The van der Waals surface area contributed by atoms with Gasteiger partial charge in [0.05, 0.1) is 49.3 Å². The fourth-order valence-corrected chi connectivity index (χ4v) is 12.0. The van der Waals surface area contributed by atoms with Crippen LogP contribution in [0.2, 0.25) is 0 Å². The average Bonchev–Trinajstić information content (AvgIpc) is 3.73. The Morgan fingerprint density at radius 1 is 0.220 bits per heavy atom. The largest absolute Gasteiger partial charge is 0.286 e. The van der Waals surface area contributed by atoms with Crippen LogP contribution < -0.4 is 42.5 Å². The van der Waals surface area contributed by atoms with Gasteiger partial charge in [0.2, 0.25) is 0 Å². The normalized spacial score (nSPS) is 56.2. The van der Waals surface area contributed by atoms with Crippen LogP contribution in [0.15, 0.2) is 0 Å². The van der Waals surface area contributed by atoms with E-state index in [-0.39, 0.29) is 20.1 Å². The molecule has 5 saturated heterocycles. The second-order valence-electron chi connectivity index (χ2n) is 15.6. The monoisotopic (exact) mass is 649 g/mol. The quantitative estimate of drug-likeness (QED) is 0.203. The van der Waals surface area contributed by atoms with Crippen LogP contribution in [-0.4, -0.2) is 49.3 Å². The van der Waals surface area contributed by atoms with Gasteiger partial charge in [0.15, 0.2) is 0 Å². The van der Waals surface area contributed by atoms with Crippen molar-refractivity contribution in [2.75, 3.05) is 0 Å². The molecule has 8 bridgehead atoms. The van der Waals surface area contributed by atoms with Crippen LogP contribution in [0.5, 0.6) is 0 Å². The number of hydrogen-bond acceptors (Lipinski definition) is 8. The maximum Gasteiger partial charge on any atom is 0.0628 e. The Labute approximate surface area is 261 Å². The number of nitrogens with one attached hydrogen (secondary N) is 8. The summed E-state index contributed by atoms with van der Waals surface area (Å²) < 4.78 is 0. The van der Waals surface area contributed by atoms with Gasteiger partial charge in [-0.1, -0.05) is 51.4 Å². The molecule has 0 aromatic rings. The summed E-state index contributed by atoms with van der Waals surface area (Å²) in [5.74, 6) is 5.97. The minimum atomic E-state index is 0. The predicted octanol–water partition coefficient (Wildman–Crippen LogP) is 2.60. The third-order valence-electron chi connectivity index (χ3n) is 13.8. The van der Waals surface area contributed by atoms with E-state index in [0.29, 0.717) is 49.3 Å². The Bertz CT molecular complexity index is 716. The van der Waals surface area contributed by atoms with E-state index < -0.39 is 0 Å². The molecule has 9 heteroatoms. The third-order valence-corrected chi connectivity index (χ3v) is 13.8. The number of fused-ring (bicyclic) bond motifs is 20. The molecular weight excluding hydrogens is 594 g/mol. The molecule has 0 amide bonds. The molecule has 1 radical (unpaired) electrons. The summed E-state index contributed by atoms with van der Waals surface area (Å²) in [6, 6.07) is 0. The van der Waals surface area contributed by atoms with Crippen LogP contribution in [0.3, 0.4) is 0 Å². The Kier molecular flexibility index (Phi) is 8.37. The molecule has 231 valence electrons. The van der Waals surface area contributed by atoms with Crippen LogP contribution in [0.1, 0.15) is 103 Å². The maximum atomic E-state index is 4.26. The third kappa shape index (κ3) is 5.05. The van der Waals surface area contributed by atoms with E-state index in [0.717, 1.165) is 47.3 Å². The minimum Gasteiger partial charge on any atom is -0.286 e. The van der Waals surface area contributed by atoms with E-state index in [1.165, 1.54) is 103 Å². The predicted molar refractivity (Wildman–Crippen MR) is 157 cm³/mol. The smallest absolute Gasteiger partial charge is 0.0628 e. The van der Waals surface area contributed by atoms with Crippen molar-refractivity contribution in [1.82, 2.24) is 42.5 Å². The Morgan fingerprint density at radius 2 is 0.341 bits per heavy atom. The first-order valence-electron chi connectivity index (χ1n) is 17.9. The molecule has 4 aliphatic carbocycles. The second-order valence-corrected chi connectivity index (χ2v) is 15.6. The van der Waals surface area contributed by atoms with Crippen molar-refractivity contribution >= 4 is 0 Å². The summed E-state index contributed by atoms with van der Waals surface area (Å²) >= 11 is 0. The summed E-state index contributed by atoms with van der Waals surface area (Å²) in [4.78, 5) is 0. The SMILES string of the molecule is C1CCC2C3NC(NC4NC(NC5NC(NC6NC(N3)C3CCCCC63)C3CCCCC53)C3CCCCC43)C2C1.[Tc]. The van der Waals surface area contributed by atoms with E-state index in [9.17, 15) is 0 Å². The van der Waals surface area contributed by atoms with Crippen molar-refractivity contribution in [3.8, 4) is 0 Å². The van der Waals surface area contributed by atoms with Gasteiger partial charge in [-0.25, -0.2) is 0 Å². The molecule has 5 aliphatic heterocycles. The van der Waals surface area contributed by atoms with Gasteiger partial charge < -0.3 is 0 Å². The molecule has 9 aliphatic rings. The van der Waals surface area contributed by atoms with Crippen LogP contribution in [0, 0.1) is 47.3 Å². The molecule has 4 saturated carbocycles. The molecule has 9 rings (SSSR count). The van der Waals surface area contributed by atoms with Crippen LogP contribution in [0.4, 0.5) is 0 Å². The van der Waals surface area contributed by atoms with Gasteiger partial charge in [-0.15, -0.1) is 0 Å². The van der Waals surface area contributed by atoms with Crippen LogP contribution >= 0.6 is 0 Å². The topological polar surface area (TPSA) is 96.2 Å². The van der Waals surface area contributed by atoms with Crippen molar-refractivity contribution < 1.29 is 20.1 Å². The van der Waals surface area contributed by atoms with Gasteiger partial charge >= 0.3 is 0 Å². The zero-order valence-corrected chi connectivity index (χ0v) is 26.8. The molecule has 0 aromatic carbocycles. The van der Waals surface area contributed by atoms with Gasteiger partial charge in [0.1, 0.15) is 0 Å². The Morgan fingerprint density at radius 3 is 0.463 bits per heavy atom. The van der Waals surface area contributed by atoms with E-state index in [1.807, 2.05) is 0 Å². The summed E-state index contributed by atoms with van der Waals surface area (Å²) in [6.45, 7) is 0. The second kappa shape index (κ2) is 11.9. The molecule has 8 N–H and O–H groups in total. The first-order valence-corrected chi connectivity index (χ1v) is 17.9. The van der Waals surface area contributed by atoms with Crippen molar-refractivity contribution in [3.63, 3.8) is 0 Å². The van der Waals surface area contributed by atoms with Crippen molar-refractivity contribution in [2.24, 2.45) is 47.3 Å². The summed E-state index contributed by atoms with van der Waals surface area (Å²) in [7, 11) is 0. The standard InChI is InChI=1S/C32H56N8.Tc/c1-2-10-18-17(9-1)25-33-26(18)38-28-21-13-5-6-14-22(21)30(35-28)40-32-24-16-8-7-15-23(24)31(36-32)39-29-20-12-4-3-11-19(20)27(34-29)37-25;/h17-40H,1-16H2;. The van der Waals surface area contributed by atoms with E-state index >= 15 is 0 Å². The van der Waals surface area contributed by atoms with E-state index in [1.54, 1.807) is 0 Å². The van der Waals surface area contributed by atoms with Gasteiger partial charge in [-0.3, -0.25) is 42.5 Å². The van der Waals surface area contributed by atoms with E-state index in [4.69, 9.17) is 0 Å². The van der Waals surface area contributed by atoms with Gasteiger partial charge in [-0.2, -0.15) is 0 Å². The maximum absolute atomic E-state index is 4.26. The van der Waals surface area contributed by atoms with Gasteiger partial charge in [-0.05, 0) is 98.7 Å². The van der Waals surface area contributed by atoms with Gasteiger partial charge in [0, 0.05) is 20.1 Å². The number of hydrogen-bond donors (Lipinski definition) is 8. The van der Waals surface area contributed by atoms with E-state index in [2.05, 4.69) is 42.5 Å². The molecule has 8 nitrogen and oxygen atoms in total. The first kappa shape index (κ1) is 28.8. The van der Waals surface area contributed by atoms with Crippen molar-refractivity contribution in [2.45, 2.75) is 152 Å². The first-order chi connectivity index (χ1) is 19.8. The average molecular weight is 651 g/mol. The Balaban J connectivity index is 0.00000256. The minimum absolute atomic E-state index is 0. The van der Waals surface area contributed by atoms with Crippen molar-refractivity contribution in [1.29, 1.82) is 0 Å². The zero-order chi connectivity index (χ0) is 26.2. The van der Waals surface area contributed by atoms with Gasteiger partial charge in [0.25, 0.3) is 0 Å². The molecule has 5 heterocycles. The fraction of sp³-hybridized carbons (Fsp3) is 1.00. The van der Waals surface area contributed by atoms with Crippen LogP contribution in [-0.2, 0) is 20.1 Å².